The molecule has 0 fully saturated rings. The van der Waals surface area contributed by atoms with Crippen molar-refractivity contribution in [2.45, 2.75) is 4.90 Å². The van der Waals surface area contributed by atoms with Crippen LogP contribution in [0.2, 0.25) is 5.02 Å². The molecule has 1 rings (SSSR count). The van der Waals surface area contributed by atoms with Crippen LogP contribution in [-0.4, -0.2) is 31.2 Å². The standard InChI is InChI=1S/C9H8ClN3O4S/c1-12(5-4-11)18(16,17)9-3-2-7(13(14)15)6-8(9)10/h2-3,6H,5H2,1H3. The van der Waals surface area contributed by atoms with Gasteiger partial charge in [0, 0.05) is 19.2 Å². The maximum atomic E-state index is 11.9. The molecule has 96 valence electrons. The number of nitro groups is 1. The van der Waals surface area contributed by atoms with E-state index >= 15 is 0 Å². The Hall–Kier alpha value is -1.69. The fourth-order valence-corrected chi connectivity index (χ4v) is 2.74. The van der Waals surface area contributed by atoms with Gasteiger partial charge < -0.3 is 0 Å². The molecule has 1 aromatic carbocycles. The molecule has 0 atom stereocenters. The Morgan fingerprint density at radius 1 is 1.56 bits per heavy atom. The van der Waals surface area contributed by atoms with Crippen molar-refractivity contribution in [3.8, 4) is 6.07 Å². The molecule has 0 amide bonds. The van der Waals surface area contributed by atoms with Gasteiger partial charge in [0.25, 0.3) is 5.69 Å². The lowest BCUT2D eigenvalue weighted by Crippen LogP contribution is -2.27. The smallest absolute Gasteiger partial charge is 0.258 e. The first-order valence-corrected chi connectivity index (χ1v) is 6.39. The molecule has 0 saturated carbocycles. The van der Waals surface area contributed by atoms with Gasteiger partial charge in [-0.15, -0.1) is 0 Å². The number of non-ortho nitro benzene ring substituents is 1. The molecule has 0 aliphatic carbocycles. The number of nitriles is 1. The summed E-state index contributed by atoms with van der Waals surface area (Å²) in [5, 5.41) is 18.7. The summed E-state index contributed by atoms with van der Waals surface area (Å²) in [5.41, 5.74) is -0.304. The molecule has 9 heteroatoms. The van der Waals surface area contributed by atoms with Crippen LogP contribution in [-0.2, 0) is 10.0 Å². The number of hydrogen-bond acceptors (Lipinski definition) is 5. The summed E-state index contributed by atoms with van der Waals surface area (Å²) in [5.74, 6) is 0. The number of sulfonamides is 1. The number of nitro benzene ring substituents is 1. The van der Waals surface area contributed by atoms with Crippen molar-refractivity contribution >= 4 is 27.3 Å². The molecule has 0 radical (unpaired) electrons. The van der Waals surface area contributed by atoms with E-state index in [0.29, 0.717) is 0 Å². The second-order valence-corrected chi connectivity index (χ2v) is 5.71. The Bertz CT molecular complexity index is 623. The van der Waals surface area contributed by atoms with Crippen molar-refractivity contribution < 1.29 is 13.3 Å². The Balaban J connectivity index is 3.27. The van der Waals surface area contributed by atoms with Crippen LogP contribution in [0.25, 0.3) is 0 Å². The minimum atomic E-state index is -3.92. The Morgan fingerprint density at radius 3 is 2.61 bits per heavy atom. The van der Waals surface area contributed by atoms with Gasteiger partial charge in [0.15, 0.2) is 0 Å². The number of hydrogen-bond donors (Lipinski definition) is 0. The first-order chi connectivity index (χ1) is 8.30. The minimum absolute atomic E-state index is 0.256. The molecular formula is C9H8ClN3O4S. The van der Waals surface area contributed by atoms with Gasteiger partial charge in [0.2, 0.25) is 10.0 Å². The molecule has 0 heterocycles. The zero-order valence-electron chi connectivity index (χ0n) is 9.20. The zero-order chi connectivity index (χ0) is 13.9. The highest BCUT2D eigenvalue weighted by Crippen LogP contribution is 2.27. The van der Waals surface area contributed by atoms with E-state index in [2.05, 4.69) is 0 Å². The van der Waals surface area contributed by atoms with E-state index in [0.717, 1.165) is 22.5 Å². The number of benzene rings is 1. The molecule has 0 aliphatic heterocycles. The summed E-state index contributed by atoms with van der Waals surface area (Å²) in [6.45, 7) is -0.338. The molecule has 0 aliphatic rings. The molecule has 0 bridgehead atoms. The van der Waals surface area contributed by atoms with Gasteiger partial charge in [-0.05, 0) is 6.07 Å². The quantitative estimate of drug-likeness (QED) is 0.473. The van der Waals surface area contributed by atoms with Gasteiger partial charge in [0.1, 0.15) is 11.4 Å². The summed E-state index contributed by atoms with van der Waals surface area (Å²) in [6, 6.07) is 4.73. The van der Waals surface area contributed by atoms with E-state index in [-0.39, 0.29) is 22.2 Å². The first-order valence-electron chi connectivity index (χ1n) is 4.58. The van der Waals surface area contributed by atoms with Crippen LogP contribution in [0.3, 0.4) is 0 Å². The molecule has 0 unspecified atom stereocenters. The molecule has 0 N–H and O–H groups in total. The van der Waals surface area contributed by atoms with Crippen molar-refractivity contribution in [1.29, 1.82) is 5.26 Å². The van der Waals surface area contributed by atoms with E-state index in [9.17, 15) is 18.5 Å². The van der Waals surface area contributed by atoms with Crippen LogP contribution >= 0.6 is 11.6 Å². The normalized spacial score (nSPS) is 11.2. The van der Waals surface area contributed by atoms with Crippen LogP contribution in [0, 0.1) is 21.4 Å². The van der Waals surface area contributed by atoms with Crippen LogP contribution in [0.15, 0.2) is 23.1 Å². The van der Waals surface area contributed by atoms with Crippen LogP contribution in [0.5, 0.6) is 0 Å². The van der Waals surface area contributed by atoms with E-state index in [1.807, 2.05) is 0 Å². The lowest BCUT2D eigenvalue weighted by Gasteiger charge is -2.14. The van der Waals surface area contributed by atoms with Crippen molar-refractivity contribution in [3.63, 3.8) is 0 Å². The SMILES string of the molecule is CN(CC#N)S(=O)(=O)c1ccc([N+](=O)[O-])cc1Cl. The second-order valence-electron chi connectivity index (χ2n) is 3.29. The summed E-state index contributed by atoms with van der Waals surface area (Å²) in [6.07, 6.45) is 0. The predicted molar refractivity (Wildman–Crippen MR) is 63.5 cm³/mol. The van der Waals surface area contributed by atoms with Gasteiger partial charge in [-0.2, -0.15) is 9.57 Å². The molecule has 0 saturated heterocycles. The molecule has 18 heavy (non-hydrogen) atoms. The third-order valence-corrected chi connectivity index (χ3v) is 4.39. The second kappa shape index (κ2) is 5.30. The average molecular weight is 290 g/mol. The molecule has 7 nitrogen and oxygen atoms in total. The largest absolute Gasteiger partial charge is 0.271 e. The number of rotatable bonds is 4. The van der Waals surface area contributed by atoms with Crippen molar-refractivity contribution in [2.24, 2.45) is 0 Å². The predicted octanol–water partition coefficient (Wildman–Crippen LogP) is 1.39. The zero-order valence-corrected chi connectivity index (χ0v) is 10.8. The third kappa shape index (κ3) is 2.76. The van der Waals surface area contributed by atoms with Gasteiger partial charge >= 0.3 is 0 Å². The summed E-state index contributed by atoms with van der Waals surface area (Å²) < 4.78 is 24.7. The highest BCUT2D eigenvalue weighted by molar-refractivity contribution is 7.89. The molecule has 0 aromatic heterocycles. The molecule has 1 aromatic rings. The minimum Gasteiger partial charge on any atom is -0.258 e. The summed E-state index contributed by atoms with van der Waals surface area (Å²) >= 11 is 5.71. The Labute approximate surface area is 108 Å². The topological polar surface area (TPSA) is 104 Å². The highest BCUT2D eigenvalue weighted by atomic mass is 35.5. The number of halogens is 1. The van der Waals surface area contributed by atoms with Crippen molar-refractivity contribution in [1.82, 2.24) is 4.31 Å². The first kappa shape index (κ1) is 14.4. The fourth-order valence-electron chi connectivity index (χ4n) is 1.16. The van der Waals surface area contributed by atoms with E-state index < -0.39 is 14.9 Å². The Morgan fingerprint density at radius 2 is 2.17 bits per heavy atom. The summed E-state index contributed by atoms with van der Waals surface area (Å²) in [4.78, 5) is 9.54. The van der Waals surface area contributed by atoms with Gasteiger partial charge in [-0.25, -0.2) is 8.42 Å². The van der Waals surface area contributed by atoms with Gasteiger partial charge in [-0.1, -0.05) is 11.6 Å². The highest BCUT2D eigenvalue weighted by Gasteiger charge is 2.24. The van der Waals surface area contributed by atoms with Crippen molar-refractivity contribution in [3.05, 3.63) is 33.3 Å². The van der Waals surface area contributed by atoms with Crippen LogP contribution < -0.4 is 0 Å². The van der Waals surface area contributed by atoms with Gasteiger partial charge in [0.05, 0.1) is 16.0 Å². The van der Waals surface area contributed by atoms with E-state index in [4.69, 9.17) is 16.9 Å². The van der Waals surface area contributed by atoms with E-state index in [1.54, 1.807) is 6.07 Å². The van der Waals surface area contributed by atoms with Crippen LogP contribution in [0.1, 0.15) is 0 Å². The van der Waals surface area contributed by atoms with Gasteiger partial charge in [-0.3, -0.25) is 10.1 Å². The third-order valence-electron chi connectivity index (χ3n) is 2.11. The van der Waals surface area contributed by atoms with Crippen LogP contribution in [0.4, 0.5) is 5.69 Å². The lowest BCUT2D eigenvalue weighted by molar-refractivity contribution is -0.384. The number of nitrogens with zero attached hydrogens (tertiary/aromatic N) is 3. The fraction of sp³-hybridized carbons (Fsp3) is 0.222. The monoisotopic (exact) mass is 289 g/mol. The lowest BCUT2D eigenvalue weighted by atomic mass is 10.3. The Kier molecular flexibility index (Phi) is 4.24. The van der Waals surface area contributed by atoms with E-state index in [1.165, 1.54) is 7.05 Å². The maximum Gasteiger partial charge on any atom is 0.271 e. The summed E-state index contributed by atoms with van der Waals surface area (Å²) in [7, 11) is -2.70. The molecule has 0 spiro atoms. The maximum absolute atomic E-state index is 11.9. The average Bonchev–Trinajstić information content (AvgIpc) is 2.28. The molecular weight excluding hydrogens is 282 g/mol. The van der Waals surface area contributed by atoms with Crippen molar-refractivity contribution in [2.75, 3.05) is 13.6 Å².